The van der Waals surface area contributed by atoms with Crippen molar-refractivity contribution in [3.8, 4) is 0 Å². The van der Waals surface area contributed by atoms with Crippen LogP contribution in [0.1, 0.15) is 31.4 Å². The van der Waals surface area contributed by atoms with Gasteiger partial charge in [0, 0.05) is 53.2 Å². The van der Waals surface area contributed by atoms with Gasteiger partial charge < -0.3 is 9.88 Å². The molecule has 1 aromatic heterocycles. The SMILES string of the molecule is CC(Cn1cncc1C1CCCNC1)S(C)=O. The van der Waals surface area contributed by atoms with Crippen LogP contribution in [0.15, 0.2) is 12.5 Å². The molecule has 0 spiro atoms. The van der Waals surface area contributed by atoms with Crippen LogP contribution in [0, 0.1) is 0 Å². The van der Waals surface area contributed by atoms with E-state index in [0.717, 1.165) is 19.6 Å². The smallest absolute Gasteiger partial charge is 0.0948 e. The second kappa shape index (κ2) is 5.78. The van der Waals surface area contributed by atoms with Crippen LogP contribution in [0.4, 0.5) is 0 Å². The second-order valence-corrected chi connectivity index (χ2v) is 6.63. The molecule has 0 aromatic carbocycles. The third-order valence-corrected chi connectivity index (χ3v) is 4.76. The summed E-state index contributed by atoms with van der Waals surface area (Å²) in [6.45, 7) is 4.99. The van der Waals surface area contributed by atoms with Crippen LogP contribution < -0.4 is 5.32 Å². The normalized spacial score (nSPS) is 24.5. The van der Waals surface area contributed by atoms with Gasteiger partial charge in [-0.15, -0.1) is 0 Å². The van der Waals surface area contributed by atoms with Crippen molar-refractivity contribution in [1.82, 2.24) is 14.9 Å². The first-order chi connectivity index (χ1) is 8.18. The van der Waals surface area contributed by atoms with Crippen LogP contribution in [-0.2, 0) is 17.3 Å². The molecule has 1 fully saturated rings. The average Bonchev–Trinajstić information content (AvgIpc) is 2.78. The summed E-state index contributed by atoms with van der Waals surface area (Å²) in [5.74, 6) is 0.559. The molecule has 1 N–H and O–H groups in total. The lowest BCUT2D eigenvalue weighted by Crippen LogP contribution is -2.30. The largest absolute Gasteiger partial charge is 0.333 e. The fraction of sp³-hybridized carbons (Fsp3) is 0.750. The third-order valence-electron chi connectivity index (χ3n) is 3.48. The Morgan fingerprint density at radius 1 is 1.71 bits per heavy atom. The predicted molar refractivity (Wildman–Crippen MR) is 70.6 cm³/mol. The number of nitrogens with zero attached hydrogens (tertiary/aromatic N) is 2. The van der Waals surface area contributed by atoms with Crippen LogP contribution in [0.5, 0.6) is 0 Å². The van der Waals surface area contributed by atoms with Crippen molar-refractivity contribution in [2.24, 2.45) is 0 Å². The van der Waals surface area contributed by atoms with Gasteiger partial charge in [-0.3, -0.25) is 4.21 Å². The Balaban J connectivity index is 2.07. The molecular formula is C12H21N3OS. The van der Waals surface area contributed by atoms with E-state index in [0.29, 0.717) is 5.92 Å². The molecule has 0 amide bonds. The highest BCUT2D eigenvalue weighted by Gasteiger charge is 2.19. The summed E-state index contributed by atoms with van der Waals surface area (Å²) >= 11 is 0. The molecule has 0 radical (unpaired) electrons. The number of aromatic nitrogens is 2. The van der Waals surface area contributed by atoms with Gasteiger partial charge in [0.05, 0.1) is 6.33 Å². The molecule has 4 nitrogen and oxygen atoms in total. The zero-order chi connectivity index (χ0) is 12.3. The number of hydrogen-bond donors (Lipinski definition) is 1. The second-order valence-electron chi connectivity index (χ2n) is 4.82. The maximum atomic E-state index is 11.4. The van der Waals surface area contributed by atoms with Crippen molar-refractivity contribution in [2.45, 2.75) is 37.5 Å². The molecule has 17 heavy (non-hydrogen) atoms. The minimum Gasteiger partial charge on any atom is -0.333 e. The van der Waals surface area contributed by atoms with Crippen LogP contribution in [-0.4, -0.2) is 38.4 Å². The fourth-order valence-electron chi connectivity index (χ4n) is 2.31. The molecule has 1 aliphatic rings. The zero-order valence-electron chi connectivity index (χ0n) is 10.6. The van der Waals surface area contributed by atoms with Crippen LogP contribution >= 0.6 is 0 Å². The van der Waals surface area contributed by atoms with E-state index in [9.17, 15) is 4.21 Å². The Kier molecular flexibility index (Phi) is 4.34. The van der Waals surface area contributed by atoms with Gasteiger partial charge in [-0.05, 0) is 26.3 Å². The number of hydrogen-bond acceptors (Lipinski definition) is 3. The third kappa shape index (κ3) is 3.16. The van der Waals surface area contributed by atoms with E-state index in [1.165, 1.54) is 18.5 Å². The van der Waals surface area contributed by atoms with Crippen molar-refractivity contribution in [1.29, 1.82) is 0 Å². The maximum Gasteiger partial charge on any atom is 0.0948 e. The minimum absolute atomic E-state index is 0.180. The van der Waals surface area contributed by atoms with Crippen LogP contribution in [0.3, 0.4) is 0 Å². The molecule has 0 saturated carbocycles. The van der Waals surface area contributed by atoms with Gasteiger partial charge in [0.15, 0.2) is 0 Å². The molecule has 3 atom stereocenters. The monoisotopic (exact) mass is 255 g/mol. The summed E-state index contributed by atoms with van der Waals surface area (Å²) in [6, 6.07) is 0. The van der Waals surface area contributed by atoms with Crippen molar-refractivity contribution < 1.29 is 4.21 Å². The first-order valence-corrected chi connectivity index (χ1v) is 7.83. The molecule has 3 unspecified atom stereocenters. The summed E-state index contributed by atoms with van der Waals surface area (Å²) < 4.78 is 13.6. The summed E-state index contributed by atoms with van der Waals surface area (Å²) in [7, 11) is -0.772. The van der Waals surface area contributed by atoms with Gasteiger partial charge in [0.25, 0.3) is 0 Å². The highest BCUT2D eigenvalue weighted by molar-refractivity contribution is 7.84. The molecule has 1 aromatic rings. The summed E-state index contributed by atoms with van der Waals surface area (Å²) in [6.07, 6.45) is 8.05. The molecule has 2 heterocycles. The molecule has 0 bridgehead atoms. The van der Waals surface area contributed by atoms with E-state index in [1.54, 1.807) is 6.26 Å². The first kappa shape index (κ1) is 12.8. The summed E-state index contributed by atoms with van der Waals surface area (Å²) in [5.41, 5.74) is 1.29. The lowest BCUT2D eigenvalue weighted by molar-refractivity contribution is 0.440. The van der Waals surface area contributed by atoms with E-state index >= 15 is 0 Å². The molecule has 0 aliphatic carbocycles. The lowest BCUT2D eigenvalue weighted by atomic mass is 9.96. The van der Waals surface area contributed by atoms with Crippen molar-refractivity contribution in [3.63, 3.8) is 0 Å². The molecule has 2 rings (SSSR count). The first-order valence-electron chi connectivity index (χ1n) is 6.21. The summed E-state index contributed by atoms with van der Waals surface area (Å²) in [5, 5.41) is 3.61. The molecule has 1 saturated heterocycles. The van der Waals surface area contributed by atoms with Gasteiger partial charge >= 0.3 is 0 Å². The highest BCUT2D eigenvalue weighted by Crippen LogP contribution is 2.23. The predicted octanol–water partition coefficient (Wildman–Crippen LogP) is 1.12. The van der Waals surface area contributed by atoms with E-state index in [-0.39, 0.29) is 5.25 Å². The molecule has 1 aliphatic heterocycles. The van der Waals surface area contributed by atoms with E-state index in [1.807, 2.05) is 19.4 Å². The van der Waals surface area contributed by atoms with Gasteiger partial charge in [0.1, 0.15) is 0 Å². The van der Waals surface area contributed by atoms with Crippen LogP contribution in [0.2, 0.25) is 0 Å². The van der Waals surface area contributed by atoms with Gasteiger partial charge in [0.2, 0.25) is 0 Å². The average molecular weight is 255 g/mol. The van der Waals surface area contributed by atoms with Crippen molar-refractivity contribution >= 4 is 10.8 Å². The Morgan fingerprint density at radius 2 is 2.53 bits per heavy atom. The Labute approximate surface area is 105 Å². The Hall–Kier alpha value is -0.680. The zero-order valence-corrected chi connectivity index (χ0v) is 11.4. The standard InChI is InChI=1S/C12H21N3OS/c1-10(17(2)16)8-15-9-14-7-12(15)11-4-3-5-13-6-11/h7,9-11,13H,3-6,8H2,1-2H3. The minimum atomic E-state index is -0.772. The fourth-order valence-corrected chi connectivity index (χ4v) is 2.68. The quantitative estimate of drug-likeness (QED) is 0.877. The van der Waals surface area contributed by atoms with Crippen LogP contribution in [0.25, 0.3) is 0 Å². The van der Waals surface area contributed by atoms with E-state index in [4.69, 9.17) is 0 Å². The van der Waals surface area contributed by atoms with Crippen molar-refractivity contribution in [2.75, 3.05) is 19.3 Å². The number of rotatable bonds is 4. The molecule has 5 heteroatoms. The lowest BCUT2D eigenvalue weighted by Gasteiger charge is -2.24. The molecular weight excluding hydrogens is 234 g/mol. The number of piperidine rings is 1. The highest BCUT2D eigenvalue weighted by atomic mass is 32.2. The number of imidazole rings is 1. The van der Waals surface area contributed by atoms with E-state index < -0.39 is 10.8 Å². The Morgan fingerprint density at radius 3 is 3.18 bits per heavy atom. The topological polar surface area (TPSA) is 46.9 Å². The van der Waals surface area contributed by atoms with E-state index in [2.05, 4.69) is 14.9 Å². The maximum absolute atomic E-state index is 11.4. The molecule has 96 valence electrons. The van der Waals surface area contributed by atoms with Gasteiger partial charge in [-0.25, -0.2) is 4.98 Å². The Bertz CT molecular complexity index is 385. The van der Waals surface area contributed by atoms with Gasteiger partial charge in [-0.2, -0.15) is 0 Å². The summed E-state index contributed by atoms with van der Waals surface area (Å²) in [4.78, 5) is 4.25. The van der Waals surface area contributed by atoms with Crippen molar-refractivity contribution in [3.05, 3.63) is 18.2 Å². The number of nitrogens with one attached hydrogen (secondary N) is 1. The van der Waals surface area contributed by atoms with Gasteiger partial charge in [-0.1, -0.05) is 0 Å².